The predicted molar refractivity (Wildman–Crippen MR) is 148 cm³/mol. The molecule has 1 aliphatic carbocycles. The van der Waals surface area contributed by atoms with Crippen LogP contribution in [0.3, 0.4) is 0 Å². The van der Waals surface area contributed by atoms with Gasteiger partial charge in [0, 0.05) is 53.7 Å². The summed E-state index contributed by atoms with van der Waals surface area (Å²) in [4.78, 5) is 18.0. The smallest absolute Gasteiger partial charge is 0.338 e. The summed E-state index contributed by atoms with van der Waals surface area (Å²) < 4.78 is 12.3. The van der Waals surface area contributed by atoms with Crippen LogP contribution in [0, 0.1) is 6.92 Å². The molecule has 1 unspecified atom stereocenters. The third-order valence-corrected chi connectivity index (χ3v) is 6.82. The molecule has 2 aromatic carbocycles. The lowest BCUT2D eigenvalue weighted by molar-refractivity contribution is 0.0497. The minimum Gasteiger partial charge on any atom is -0.485 e. The van der Waals surface area contributed by atoms with Crippen molar-refractivity contribution >= 4 is 22.9 Å². The van der Waals surface area contributed by atoms with Gasteiger partial charge in [-0.25, -0.2) is 4.79 Å². The number of benzene rings is 2. The van der Waals surface area contributed by atoms with E-state index in [0.717, 1.165) is 82.9 Å². The molecule has 0 saturated carbocycles. The molecule has 2 aliphatic rings. The number of hydrogen-bond donors (Lipinski definition) is 1. The number of carbonyl (C=O) groups excluding carboxylic acids is 1. The molecule has 4 rings (SSSR count). The van der Waals surface area contributed by atoms with Crippen molar-refractivity contribution < 1.29 is 14.3 Å². The minimum atomic E-state index is -0.273. The highest BCUT2D eigenvalue weighted by atomic mass is 16.5. The van der Waals surface area contributed by atoms with Gasteiger partial charge in [-0.2, -0.15) is 0 Å². The van der Waals surface area contributed by atoms with E-state index >= 15 is 0 Å². The molecule has 1 atom stereocenters. The molecule has 5 nitrogen and oxygen atoms in total. The summed E-state index contributed by atoms with van der Waals surface area (Å²) in [5.74, 6) is 0.556. The average Bonchev–Trinajstić information content (AvgIpc) is 2.87. The van der Waals surface area contributed by atoms with Crippen LogP contribution < -0.4 is 10.1 Å². The van der Waals surface area contributed by atoms with Crippen LogP contribution in [0.5, 0.6) is 5.75 Å². The monoisotopic (exact) mass is 486 g/mol. The molecular formula is C31H38N2O3. The summed E-state index contributed by atoms with van der Waals surface area (Å²) in [5, 5.41) is 3.45. The van der Waals surface area contributed by atoms with Crippen molar-refractivity contribution in [3.63, 3.8) is 0 Å². The van der Waals surface area contributed by atoms with Gasteiger partial charge in [-0.05, 0) is 69.0 Å². The predicted octanol–water partition coefficient (Wildman–Crippen LogP) is 7.15. The number of aryl methyl sites for hydroxylation is 1. The van der Waals surface area contributed by atoms with Crippen molar-refractivity contribution in [3.8, 4) is 5.75 Å². The molecule has 1 heterocycles. The number of fused-ring (bicyclic) bond motifs is 2. The van der Waals surface area contributed by atoms with Crippen molar-refractivity contribution in [2.75, 3.05) is 25.0 Å². The van der Waals surface area contributed by atoms with Crippen LogP contribution in [0.15, 0.2) is 58.6 Å². The zero-order chi connectivity index (χ0) is 25.7. The lowest BCUT2D eigenvalue weighted by atomic mass is 9.80. The molecule has 0 bridgehead atoms. The van der Waals surface area contributed by atoms with Crippen LogP contribution in [-0.4, -0.2) is 37.5 Å². The number of anilines is 1. The van der Waals surface area contributed by atoms with Crippen molar-refractivity contribution in [1.82, 2.24) is 0 Å². The van der Waals surface area contributed by atoms with Crippen LogP contribution >= 0.6 is 0 Å². The summed E-state index contributed by atoms with van der Waals surface area (Å²) in [6, 6.07) is 12.1. The first-order valence-electron chi connectivity index (χ1n) is 13.3. The van der Waals surface area contributed by atoms with E-state index in [2.05, 4.69) is 58.1 Å². The molecule has 0 saturated heterocycles. The fraction of sp³-hybridized carbons (Fsp3) is 0.419. The zero-order valence-electron chi connectivity index (χ0n) is 22.2. The van der Waals surface area contributed by atoms with E-state index in [1.807, 2.05) is 24.3 Å². The number of hydrogen-bond acceptors (Lipinski definition) is 5. The number of allylic oxidation sites excluding steroid dienone is 1. The number of aliphatic imine (C=N–C) groups is 1. The largest absolute Gasteiger partial charge is 0.485 e. The van der Waals surface area contributed by atoms with Gasteiger partial charge in [0.25, 0.3) is 0 Å². The molecule has 5 heteroatoms. The third kappa shape index (κ3) is 5.25. The summed E-state index contributed by atoms with van der Waals surface area (Å²) in [7, 11) is 0. The Hall–Kier alpha value is -3.34. The number of rotatable bonds is 9. The Balaban J connectivity index is 1.88. The first kappa shape index (κ1) is 25.7. The summed E-state index contributed by atoms with van der Waals surface area (Å²) in [5.41, 5.74) is 9.05. The topological polar surface area (TPSA) is 59.9 Å². The number of carbonyl (C=O) groups is 1. The minimum absolute atomic E-state index is 0.160. The van der Waals surface area contributed by atoms with Crippen molar-refractivity contribution in [1.29, 1.82) is 0 Å². The van der Waals surface area contributed by atoms with Gasteiger partial charge >= 0.3 is 5.97 Å². The van der Waals surface area contributed by atoms with Gasteiger partial charge in [0.1, 0.15) is 11.9 Å². The first-order valence-corrected chi connectivity index (χ1v) is 13.3. The Morgan fingerprint density at radius 1 is 1.11 bits per heavy atom. The molecule has 1 N–H and O–H groups in total. The maximum absolute atomic E-state index is 13.2. The standard InChI is InChI=1S/C31H38N2O3/c1-6-9-12-15-35-31(34)23-14-11-10-13-22(23)30-24-16-20(4)26(32-7-2)18-28(24)36-29-19-27(33-8-3)21(5)17-25(29)30/h10-11,13-14,16-18,29,32H,6-9,12,15,19H2,1-5H3. The molecule has 0 spiro atoms. The van der Waals surface area contributed by atoms with Crippen molar-refractivity contribution in [3.05, 3.63) is 75.9 Å². The number of nitrogens with one attached hydrogen (secondary N) is 1. The van der Waals surface area contributed by atoms with Gasteiger partial charge in [0.05, 0.1) is 12.2 Å². The maximum atomic E-state index is 13.2. The quantitative estimate of drug-likeness (QED) is 0.302. The Morgan fingerprint density at radius 3 is 2.67 bits per heavy atom. The van der Waals surface area contributed by atoms with Gasteiger partial charge in [-0.3, -0.25) is 4.99 Å². The molecule has 190 valence electrons. The number of unbranched alkanes of at least 4 members (excludes halogenated alkanes) is 2. The number of nitrogens with zero attached hydrogens (tertiary/aromatic N) is 1. The highest BCUT2D eigenvalue weighted by Gasteiger charge is 2.34. The molecular weight excluding hydrogens is 448 g/mol. The molecule has 0 aromatic heterocycles. The van der Waals surface area contributed by atoms with E-state index in [9.17, 15) is 4.79 Å². The zero-order valence-corrected chi connectivity index (χ0v) is 22.2. The van der Waals surface area contributed by atoms with E-state index in [0.29, 0.717) is 18.6 Å². The Labute approximate surface area is 215 Å². The Morgan fingerprint density at radius 2 is 1.92 bits per heavy atom. The van der Waals surface area contributed by atoms with Gasteiger partial charge in [0.2, 0.25) is 0 Å². The summed E-state index contributed by atoms with van der Waals surface area (Å²) >= 11 is 0. The van der Waals surface area contributed by atoms with Crippen LogP contribution in [0.1, 0.15) is 80.4 Å². The van der Waals surface area contributed by atoms with Crippen LogP contribution in [0.2, 0.25) is 0 Å². The highest BCUT2D eigenvalue weighted by Crippen LogP contribution is 2.46. The molecule has 0 radical (unpaired) electrons. The fourth-order valence-electron chi connectivity index (χ4n) is 5.02. The second-order valence-electron chi connectivity index (χ2n) is 9.47. The third-order valence-electron chi connectivity index (χ3n) is 6.82. The number of esters is 1. The summed E-state index contributed by atoms with van der Waals surface area (Å²) in [6.07, 6.45) is 5.76. The lowest BCUT2D eigenvalue weighted by Gasteiger charge is -2.35. The van der Waals surface area contributed by atoms with Gasteiger partial charge in [0.15, 0.2) is 0 Å². The van der Waals surface area contributed by atoms with E-state index in [1.54, 1.807) is 0 Å². The van der Waals surface area contributed by atoms with E-state index in [1.165, 1.54) is 0 Å². The average molecular weight is 487 g/mol. The van der Waals surface area contributed by atoms with E-state index in [4.69, 9.17) is 14.5 Å². The van der Waals surface area contributed by atoms with E-state index in [-0.39, 0.29) is 12.1 Å². The second-order valence-corrected chi connectivity index (χ2v) is 9.47. The molecule has 36 heavy (non-hydrogen) atoms. The van der Waals surface area contributed by atoms with Crippen LogP contribution in [0.4, 0.5) is 5.69 Å². The lowest BCUT2D eigenvalue weighted by Crippen LogP contribution is -2.31. The molecule has 1 aliphatic heterocycles. The maximum Gasteiger partial charge on any atom is 0.338 e. The SMILES string of the molecule is CCCCCOC(=O)c1ccccc1C1=C2C=C(C)C(=NCC)CC2Oc2cc(NCC)c(C)cc21. The van der Waals surface area contributed by atoms with Crippen molar-refractivity contribution in [2.24, 2.45) is 4.99 Å². The van der Waals surface area contributed by atoms with Gasteiger partial charge in [-0.15, -0.1) is 0 Å². The normalized spacial score (nSPS) is 17.8. The molecule has 0 amide bonds. The fourth-order valence-corrected chi connectivity index (χ4v) is 5.02. The molecule has 0 fully saturated rings. The first-order chi connectivity index (χ1) is 17.5. The Bertz CT molecular complexity index is 1220. The van der Waals surface area contributed by atoms with Crippen LogP contribution in [0.25, 0.3) is 5.57 Å². The van der Waals surface area contributed by atoms with E-state index < -0.39 is 0 Å². The van der Waals surface area contributed by atoms with Crippen LogP contribution in [-0.2, 0) is 4.74 Å². The van der Waals surface area contributed by atoms with Crippen molar-refractivity contribution in [2.45, 2.75) is 66.4 Å². The van der Waals surface area contributed by atoms with Gasteiger partial charge < -0.3 is 14.8 Å². The van der Waals surface area contributed by atoms with Gasteiger partial charge in [-0.1, -0.05) is 38.0 Å². The highest BCUT2D eigenvalue weighted by molar-refractivity contribution is 6.05. The molecule has 2 aromatic rings. The Kier molecular flexibility index (Phi) is 8.29. The second kappa shape index (κ2) is 11.6. The summed E-state index contributed by atoms with van der Waals surface area (Å²) in [6.45, 7) is 12.5. The number of ether oxygens (including phenoxy) is 2.